The van der Waals surface area contributed by atoms with Crippen LogP contribution in [0.25, 0.3) is 0 Å². The molecule has 1 nitrogen and oxygen atoms in total. The van der Waals surface area contributed by atoms with Crippen molar-refractivity contribution in [2.75, 3.05) is 6.54 Å². The molecule has 0 heterocycles. The van der Waals surface area contributed by atoms with E-state index in [1.54, 1.807) is 0 Å². The smallest absolute Gasteiger partial charge is 0.326 e. The SMILES string of the molecule is NCC(=S)Cc1ccc(C(F)(F)F)cc1. The number of hydrogen-bond donors (Lipinski definition) is 1. The van der Waals surface area contributed by atoms with E-state index in [1.165, 1.54) is 12.1 Å². The molecule has 0 aromatic heterocycles. The molecule has 0 spiro atoms. The van der Waals surface area contributed by atoms with Crippen molar-refractivity contribution in [3.63, 3.8) is 0 Å². The lowest BCUT2D eigenvalue weighted by molar-refractivity contribution is -0.137. The Hall–Kier alpha value is -0.940. The highest BCUT2D eigenvalue weighted by Gasteiger charge is 2.29. The van der Waals surface area contributed by atoms with Crippen molar-refractivity contribution in [1.82, 2.24) is 0 Å². The maximum atomic E-state index is 12.2. The molecule has 0 amide bonds. The van der Waals surface area contributed by atoms with Crippen LogP contribution in [0.1, 0.15) is 11.1 Å². The molecule has 15 heavy (non-hydrogen) atoms. The Bertz CT molecular complexity index is 343. The highest BCUT2D eigenvalue weighted by Crippen LogP contribution is 2.29. The summed E-state index contributed by atoms with van der Waals surface area (Å²) < 4.78 is 36.6. The van der Waals surface area contributed by atoms with Crippen LogP contribution in [0, 0.1) is 0 Å². The molecule has 0 aliphatic rings. The number of nitrogens with two attached hydrogens (primary N) is 1. The number of benzene rings is 1. The van der Waals surface area contributed by atoms with E-state index in [0.29, 0.717) is 11.3 Å². The third kappa shape index (κ3) is 3.60. The average Bonchev–Trinajstić information content (AvgIpc) is 2.17. The molecule has 1 aromatic rings. The van der Waals surface area contributed by atoms with Gasteiger partial charge >= 0.3 is 6.18 Å². The highest BCUT2D eigenvalue weighted by molar-refractivity contribution is 7.80. The molecule has 1 rings (SSSR count). The molecular formula is C10H10F3NS. The Morgan fingerprint density at radius 3 is 2.13 bits per heavy atom. The third-order valence-electron chi connectivity index (χ3n) is 1.91. The van der Waals surface area contributed by atoms with Crippen molar-refractivity contribution >= 4 is 17.1 Å². The van der Waals surface area contributed by atoms with Gasteiger partial charge in [-0.1, -0.05) is 24.4 Å². The van der Waals surface area contributed by atoms with Gasteiger partial charge in [0.2, 0.25) is 0 Å². The summed E-state index contributed by atoms with van der Waals surface area (Å²) in [6.07, 6.45) is -3.84. The zero-order chi connectivity index (χ0) is 11.5. The quantitative estimate of drug-likeness (QED) is 0.812. The zero-order valence-corrected chi connectivity index (χ0v) is 8.66. The van der Waals surface area contributed by atoms with Gasteiger partial charge in [-0.25, -0.2) is 0 Å². The van der Waals surface area contributed by atoms with Crippen molar-refractivity contribution in [3.05, 3.63) is 35.4 Å². The molecule has 0 aliphatic carbocycles. The molecule has 0 saturated heterocycles. The molecule has 0 aliphatic heterocycles. The molecule has 0 unspecified atom stereocenters. The standard InChI is InChI=1S/C10H10F3NS/c11-10(12,13)8-3-1-7(2-4-8)5-9(15)6-14/h1-4H,5-6,14H2. The van der Waals surface area contributed by atoms with Gasteiger partial charge in [0, 0.05) is 17.8 Å². The Balaban J connectivity index is 2.77. The second kappa shape index (κ2) is 4.72. The summed E-state index contributed by atoms with van der Waals surface area (Å²) in [5.74, 6) is 0. The van der Waals surface area contributed by atoms with E-state index in [-0.39, 0.29) is 6.54 Å². The summed E-state index contributed by atoms with van der Waals surface area (Å²) in [6, 6.07) is 4.94. The van der Waals surface area contributed by atoms with Gasteiger partial charge in [-0.2, -0.15) is 13.2 Å². The Morgan fingerprint density at radius 1 is 1.20 bits per heavy atom. The largest absolute Gasteiger partial charge is 0.416 e. The second-order valence-corrected chi connectivity index (χ2v) is 3.69. The maximum absolute atomic E-state index is 12.2. The Labute approximate surface area is 91.1 Å². The van der Waals surface area contributed by atoms with Gasteiger partial charge in [0.15, 0.2) is 0 Å². The van der Waals surface area contributed by atoms with E-state index in [4.69, 9.17) is 18.0 Å². The minimum Gasteiger partial charge on any atom is -0.326 e. The first-order chi connectivity index (χ1) is 6.93. The van der Waals surface area contributed by atoms with Crippen LogP contribution >= 0.6 is 12.2 Å². The van der Waals surface area contributed by atoms with Crippen LogP contribution in [-0.4, -0.2) is 11.4 Å². The molecular weight excluding hydrogens is 223 g/mol. The number of alkyl halides is 3. The van der Waals surface area contributed by atoms with E-state index in [1.807, 2.05) is 0 Å². The van der Waals surface area contributed by atoms with Gasteiger partial charge < -0.3 is 5.73 Å². The van der Waals surface area contributed by atoms with Crippen LogP contribution in [0.3, 0.4) is 0 Å². The number of thiocarbonyl (C=S) groups is 1. The van der Waals surface area contributed by atoms with Crippen molar-refractivity contribution in [2.24, 2.45) is 5.73 Å². The van der Waals surface area contributed by atoms with Gasteiger partial charge in [0.1, 0.15) is 0 Å². The number of hydrogen-bond acceptors (Lipinski definition) is 2. The van der Waals surface area contributed by atoms with Gasteiger partial charge in [-0.15, -0.1) is 0 Å². The van der Waals surface area contributed by atoms with Crippen LogP contribution in [0.2, 0.25) is 0 Å². The minimum atomic E-state index is -4.28. The van der Waals surface area contributed by atoms with Gasteiger partial charge in [0.25, 0.3) is 0 Å². The van der Waals surface area contributed by atoms with Gasteiger partial charge in [-0.05, 0) is 17.7 Å². The number of rotatable bonds is 3. The van der Waals surface area contributed by atoms with Gasteiger partial charge in [-0.3, -0.25) is 0 Å². The van der Waals surface area contributed by atoms with Crippen LogP contribution in [-0.2, 0) is 12.6 Å². The molecule has 0 atom stereocenters. The molecule has 5 heteroatoms. The fourth-order valence-electron chi connectivity index (χ4n) is 1.11. The molecule has 0 saturated carbocycles. The van der Waals surface area contributed by atoms with E-state index < -0.39 is 11.7 Å². The summed E-state index contributed by atoms with van der Waals surface area (Å²) >= 11 is 4.90. The van der Waals surface area contributed by atoms with Crippen LogP contribution in [0.4, 0.5) is 13.2 Å². The summed E-state index contributed by atoms with van der Waals surface area (Å²) in [5.41, 5.74) is 5.40. The molecule has 0 bridgehead atoms. The van der Waals surface area contributed by atoms with E-state index >= 15 is 0 Å². The second-order valence-electron chi connectivity index (χ2n) is 3.11. The fourth-order valence-corrected chi connectivity index (χ4v) is 1.28. The zero-order valence-electron chi connectivity index (χ0n) is 7.84. The first kappa shape index (κ1) is 12.1. The first-order valence-electron chi connectivity index (χ1n) is 4.31. The predicted molar refractivity (Wildman–Crippen MR) is 56.8 cm³/mol. The summed E-state index contributed by atoms with van der Waals surface area (Å²) in [4.78, 5) is 0.634. The molecule has 0 radical (unpaired) electrons. The Morgan fingerprint density at radius 2 is 1.73 bits per heavy atom. The lowest BCUT2D eigenvalue weighted by Gasteiger charge is -2.07. The van der Waals surface area contributed by atoms with Crippen molar-refractivity contribution < 1.29 is 13.2 Å². The monoisotopic (exact) mass is 233 g/mol. The predicted octanol–water partition coefficient (Wildman–Crippen LogP) is 2.58. The van der Waals surface area contributed by atoms with E-state index in [0.717, 1.165) is 17.7 Å². The lowest BCUT2D eigenvalue weighted by Crippen LogP contribution is -2.13. The van der Waals surface area contributed by atoms with E-state index in [9.17, 15) is 13.2 Å². The summed E-state index contributed by atoms with van der Waals surface area (Å²) in [5, 5.41) is 0. The third-order valence-corrected chi connectivity index (χ3v) is 2.22. The number of halogens is 3. The maximum Gasteiger partial charge on any atom is 0.416 e. The minimum absolute atomic E-state index is 0.274. The topological polar surface area (TPSA) is 26.0 Å². The van der Waals surface area contributed by atoms with Crippen LogP contribution in [0.5, 0.6) is 0 Å². The van der Waals surface area contributed by atoms with Crippen LogP contribution < -0.4 is 5.73 Å². The normalized spacial score (nSPS) is 11.5. The van der Waals surface area contributed by atoms with Crippen molar-refractivity contribution in [3.8, 4) is 0 Å². The average molecular weight is 233 g/mol. The van der Waals surface area contributed by atoms with Crippen molar-refractivity contribution in [2.45, 2.75) is 12.6 Å². The van der Waals surface area contributed by atoms with E-state index in [2.05, 4.69) is 0 Å². The highest BCUT2D eigenvalue weighted by atomic mass is 32.1. The summed E-state index contributed by atoms with van der Waals surface area (Å²) in [6.45, 7) is 0.274. The Kier molecular flexibility index (Phi) is 3.82. The fraction of sp³-hybridized carbons (Fsp3) is 0.300. The summed E-state index contributed by atoms with van der Waals surface area (Å²) in [7, 11) is 0. The first-order valence-corrected chi connectivity index (χ1v) is 4.72. The van der Waals surface area contributed by atoms with Gasteiger partial charge in [0.05, 0.1) is 5.56 Å². The lowest BCUT2D eigenvalue weighted by atomic mass is 10.1. The molecule has 1 aromatic carbocycles. The molecule has 82 valence electrons. The van der Waals surface area contributed by atoms with Crippen molar-refractivity contribution in [1.29, 1.82) is 0 Å². The van der Waals surface area contributed by atoms with Crippen LogP contribution in [0.15, 0.2) is 24.3 Å². The molecule has 2 N–H and O–H groups in total. The molecule has 0 fully saturated rings.